The van der Waals surface area contributed by atoms with E-state index >= 15 is 0 Å². The second kappa shape index (κ2) is 6.22. The highest BCUT2D eigenvalue weighted by Gasteiger charge is 2.15. The van der Waals surface area contributed by atoms with Crippen molar-refractivity contribution in [1.29, 1.82) is 0 Å². The molecule has 0 amide bonds. The predicted octanol–water partition coefficient (Wildman–Crippen LogP) is 3.66. The number of rotatable bonds is 5. The monoisotopic (exact) mass is 280 g/mol. The van der Waals surface area contributed by atoms with Gasteiger partial charge in [0, 0.05) is 18.6 Å². The smallest absolute Gasteiger partial charge is 0.0991 e. The third-order valence-corrected chi connectivity index (χ3v) is 3.84. The molecule has 1 rings (SSSR count). The molecule has 0 fully saturated rings. The first-order valence-electron chi connectivity index (χ1n) is 5.25. The molecule has 0 bridgehead atoms. The van der Waals surface area contributed by atoms with E-state index in [2.05, 4.69) is 38.2 Å². The van der Waals surface area contributed by atoms with E-state index in [0.29, 0.717) is 6.04 Å². The summed E-state index contributed by atoms with van der Waals surface area (Å²) in [5, 5.41) is 3.50. The Morgan fingerprint density at radius 3 is 2.44 bits per heavy atom. The topological polar surface area (TPSA) is 15.3 Å². The number of hydrogen-bond donors (Lipinski definition) is 1. The molecule has 0 spiro atoms. The lowest BCUT2D eigenvalue weighted by molar-refractivity contribution is 0.334. The van der Waals surface area contributed by atoms with E-state index in [4.69, 9.17) is 23.2 Å². The molecule has 0 aliphatic heterocycles. The molecule has 0 saturated carbocycles. The molecule has 2 atom stereocenters. The number of thiophene rings is 1. The van der Waals surface area contributed by atoms with Crippen LogP contribution in [0.25, 0.3) is 0 Å². The molecular weight excluding hydrogens is 263 g/mol. The zero-order chi connectivity index (χ0) is 12.3. The maximum atomic E-state index is 6.11. The minimum atomic E-state index is 0.228. The van der Waals surface area contributed by atoms with E-state index < -0.39 is 0 Å². The van der Waals surface area contributed by atoms with Gasteiger partial charge in [-0.15, -0.1) is 11.3 Å². The van der Waals surface area contributed by atoms with Crippen LogP contribution in [-0.4, -0.2) is 31.6 Å². The van der Waals surface area contributed by atoms with Crippen molar-refractivity contribution in [3.63, 3.8) is 0 Å². The molecular formula is C11H18Cl2N2S. The van der Waals surface area contributed by atoms with Crippen LogP contribution < -0.4 is 5.32 Å². The summed E-state index contributed by atoms with van der Waals surface area (Å²) in [5.74, 6) is 0. The largest absolute Gasteiger partial charge is 0.308 e. The van der Waals surface area contributed by atoms with Gasteiger partial charge in [-0.3, -0.25) is 0 Å². The minimum Gasteiger partial charge on any atom is -0.308 e. The lowest BCUT2D eigenvalue weighted by Crippen LogP contribution is -2.37. The van der Waals surface area contributed by atoms with Crippen molar-refractivity contribution in [3.8, 4) is 0 Å². The Morgan fingerprint density at radius 2 is 2.00 bits per heavy atom. The highest BCUT2D eigenvalue weighted by atomic mass is 35.5. The van der Waals surface area contributed by atoms with Gasteiger partial charge < -0.3 is 10.2 Å². The molecule has 0 radical (unpaired) electrons. The van der Waals surface area contributed by atoms with Gasteiger partial charge in [-0.25, -0.2) is 0 Å². The highest BCUT2D eigenvalue weighted by molar-refractivity contribution is 7.20. The first kappa shape index (κ1) is 14.3. The molecule has 0 saturated heterocycles. The van der Waals surface area contributed by atoms with Crippen LogP contribution in [0.3, 0.4) is 0 Å². The van der Waals surface area contributed by atoms with E-state index in [1.54, 1.807) is 0 Å². The summed E-state index contributed by atoms with van der Waals surface area (Å²) in [6, 6.07) is 2.58. The fourth-order valence-corrected chi connectivity index (χ4v) is 3.41. The summed E-state index contributed by atoms with van der Waals surface area (Å²) < 4.78 is 1.52. The van der Waals surface area contributed by atoms with Crippen LogP contribution >= 0.6 is 34.5 Å². The molecule has 0 aromatic carbocycles. The zero-order valence-electron chi connectivity index (χ0n) is 10.1. The fraction of sp³-hybridized carbons (Fsp3) is 0.636. The minimum absolute atomic E-state index is 0.228. The average molecular weight is 281 g/mol. The van der Waals surface area contributed by atoms with Gasteiger partial charge in [0.05, 0.1) is 8.67 Å². The lowest BCUT2D eigenvalue weighted by Gasteiger charge is -2.22. The van der Waals surface area contributed by atoms with Gasteiger partial charge in [-0.1, -0.05) is 23.2 Å². The van der Waals surface area contributed by atoms with E-state index in [9.17, 15) is 0 Å². The van der Waals surface area contributed by atoms with Crippen LogP contribution in [0.15, 0.2) is 6.07 Å². The van der Waals surface area contributed by atoms with Crippen LogP contribution in [0.2, 0.25) is 8.67 Å². The summed E-state index contributed by atoms with van der Waals surface area (Å²) in [6.07, 6.45) is 0. The molecule has 1 aromatic heterocycles. The standard InChI is InChI=1S/C11H18Cl2N2S/c1-7(6-15(3)4)14-8(2)9-5-10(12)16-11(9)13/h5,7-8,14H,6H2,1-4H3. The van der Waals surface area contributed by atoms with Crippen LogP contribution in [-0.2, 0) is 0 Å². The normalized spacial score (nSPS) is 15.4. The lowest BCUT2D eigenvalue weighted by atomic mass is 10.1. The van der Waals surface area contributed by atoms with Crippen molar-refractivity contribution in [2.24, 2.45) is 0 Å². The molecule has 1 heterocycles. The zero-order valence-corrected chi connectivity index (χ0v) is 12.4. The highest BCUT2D eigenvalue weighted by Crippen LogP contribution is 2.34. The fourth-order valence-electron chi connectivity index (χ4n) is 1.77. The second-order valence-corrected chi connectivity index (χ2v) is 6.62. The second-order valence-electron chi connectivity index (χ2n) is 4.33. The van der Waals surface area contributed by atoms with Gasteiger partial charge in [0.25, 0.3) is 0 Å². The van der Waals surface area contributed by atoms with Gasteiger partial charge in [-0.2, -0.15) is 0 Å². The average Bonchev–Trinajstić information content (AvgIpc) is 2.43. The summed E-state index contributed by atoms with van der Waals surface area (Å²) in [6.45, 7) is 5.27. The van der Waals surface area contributed by atoms with Crippen molar-refractivity contribution in [2.45, 2.75) is 25.9 Å². The Balaban J connectivity index is 2.58. The van der Waals surface area contributed by atoms with Gasteiger partial charge in [0.15, 0.2) is 0 Å². The van der Waals surface area contributed by atoms with Crippen molar-refractivity contribution in [1.82, 2.24) is 10.2 Å². The summed E-state index contributed by atoms with van der Waals surface area (Å²) in [7, 11) is 4.13. The van der Waals surface area contributed by atoms with Gasteiger partial charge in [-0.05, 0) is 39.6 Å². The molecule has 16 heavy (non-hydrogen) atoms. The van der Waals surface area contributed by atoms with Crippen molar-refractivity contribution >= 4 is 34.5 Å². The summed E-state index contributed by atoms with van der Waals surface area (Å²) in [4.78, 5) is 2.16. The number of nitrogens with zero attached hydrogens (tertiary/aromatic N) is 1. The molecule has 92 valence electrons. The van der Waals surface area contributed by atoms with Crippen LogP contribution in [0.4, 0.5) is 0 Å². The maximum Gasteiger partial charge on any atom is 0.0991 e. The molecule has 2 nitrogen and oxygen atoms in total. The Hall–Kier alpha value is 0.200. The van der Waals surface area contributed by atoms with Crippen LogP contribution in [0, 0.1) is 0 Å². The third-order valence-electron chi connectivity index (χ3n) is 2.32. The molecule has 0 aliphatic carbocycles. The number of likely N-dealkylation sites (N-methyl/N-ethyl adjacent to an activating group) is 1. The molecule has 1 aromatic rings. The van der Waals surface area contributed by atoms with Crippen molar-refractivity contribution < 1.29 is 0 Å². The molecule has 0 aliphatic rings. The Labute approximate surface area is 112 Å². The number of hydrogen-bond acceptors (Lipinski definition) is 3. The first-order chi connectivity index (χ1) is 7.40. The SMILES string of the molecule is CC(CN(C)C)NC(C)c1cc(Cl)sc1Cl. The van der Waals surface area contributed by atoms with Crippen LogP contribution in [0.1, 0.15) is 25.5 Å². The number of nitrogens with one attached hydrogen (secondary N) is 1. The van der Waals surface area contributed by atoms with E-state index in [1.807, 2.05) is 6.07 Å². The van der Waals surface area contributed by atoms with Crippen molar-refractivity contribution in [2.75, 3.05) is 20.6 Å². The Kier molecular flexibility index (Phi) is 5.54. The third kappa shape index (κ3) is 4.22. The summed E-state index contributed by atoms with van der Waals surface area (Å²) in [5.41, 5.74) is 1.09. The Morgan fingerprint density at radius 1 is 1.38 bits per heavy atom. The van der Waals surface area contributed by atoms with E-state index in [1.165, 1.54) is 11.3 Å². The first-order valence-corrected chi connectivity index (χ1v) is 6.83. The molecule has 1 N–H and O–H groups in total. The van der Waals surface area contributed by atoms with E-state index in [-0.39, 0.29) is 6.04 Å². The Bertz CT molecular complexity index is 339. The van der Waals surface area contributed by atoms with E-state index in [0.717, 1.165) is 20.8 Å². The molecule has 2 unspecified atom stereocenters. The number of halogens is 2. The van der Waals surface area contributed by atoms with Crippen LogP contribution in [0.5, 0.6) is 0 Å². The summed E-state index contributed by atoms with van der Waals surface area (Å²) >= 11 is 13.5. The molecule has 5 heteroatoms. The van der Waals surface area contributed by atoms with Gasteiger partial charge in [0.2, 0.25) is 0 Å². The maximum absolute atomic E-state index is 6.11. The van der Waals surface area contributed by atoms with Crippen molar-refractivity contribution in [3.05, 3.63) is 20.3 Å². The van der Waals surface area contributed by atoms with Gasteiger partial charge >= 0.3 is 0 Å². The predicted molar refractivity (Wildman–Crippen MR) is 73.9 cm³/mol. The van der Waals surface area contributed by atoms with Gasteiger partial charge in [0.1, 0.15) is 0 Å². The quantitative estimate of drug-likeness (QED) is 0.886.